The van der Waals surface area contributed by atoms with Crippen molar-refractivity contribution in [2.45, 2.75) is 26.4 Å². The summed E-state index contributed by atoms with van der Waals surface area (Å²) in [6.07, 6.45) is 2.87. The third kappa shape index (κ3) is 4.24. The summed E-state index contributed by atoms with van der Waals surface area (Å²) in [7, 11) is 1.68. The van der Waals surface area contributed by atoms with E-state index in [4.69, 9.17) is 10.5 Å². The molecule has 1 atom stereocenters. The molecule has 1 heterocycles. The van der Waals surface area contributed by atoms with Crippen LogP contribution >= 0.6 is 0 Å². The molecule has 5 heteroatoms. The van der Waals surface area contributed by atoms with Crippen LogP contribution < -0.4 is 21.1 Å². The maximum absolute atomic E-state index is 6.00. The average Bonchev–Trinajstić information content (AvgIpc) is 2.64. The number of rotatable bonds is 6. The molecule has 1 aliphatic rings. The molecule has 3 rings (SSSR count). The van der Waals surface area contributed by atoms with Crippen molar-refractivity contribution in [2.75, 3.05) is 13.7 Å². The van der Waals surface area contributed by atoms with Crippen LogP contribution in [-0.4, -0.2) is 25.8 Å². The number of nitrogens with two attached hydrogens (primary N) is 1. The van der Waals surface area contributed by atoms with Gasteiger partial charge in [0.2, 0.25) is 0 Å². The van der Waals surface area contributed by atoms with Crippen LogP contribution in [0.2, 0.25) is 0 Å². The molecule has 0 aliphatic carbocycles. The number of methoxy groups -OCH3 is 1. The lowest BCUT2D eigenvalue weighted by atomic mass is 10.00. The van der Waals surface area contributed by atoms with Gasteiger partial charge in [0.05, 0.1) is 7.11 Å². The molecular formula is C21H26N4O. The van der Waals surface area contributed by atoms with Crippen LogP contribution in [0.3, 0.4) is 0 Å². The quantitative estimate of drug-likeness (QED) is 0.749. The Bertz CT molecular complexity index is 824. The van der Waals surface area contributed by atoms with E-state index < -0.39 is 0 Å². The predicted molar refractivity (Wildman–Crippen MR) is 107 cm³/mol. The lowest BCUT2D eigenvalue weighted by molar-refractivity contribution is 0.414. The molecule has 0 fully saturated rings. The van der Waals surface area contributed by atoms with E-state index in [1.54, 1.807) is 7.11 Å². The van der Waals surface area contributed by atoms with Crippen molar-refractivity contribution in [3.05, 3.63) is 70.8 Å². The summed E-state index contributed by atoms with van der Waals surface area (Å²) < 4.78 is 5.19. The number of benzene rings is 2. The van der Waals surface area contributed by atoms with Crippen molar-refractivity contribution in [3.63, 3.8) is 0 Å². The highest BCUT2D eigenvalue weighted by atomic mass is 16.5. The van der Waals surface area contributed by atoms with Gasteiger partial charge in [-0.2, -0.15) is 0 Å². The van der Waals surface area contributed by atoms with E-state index in [0.29, 0.717) is 5.96 Å². The monoisotopic (exact) mass is 350 g/mol. The number of hydrogen-bond donors (Lipinski definition) is 3. The van der Waals surface area contributed by atoms with Crippen molar-refractivity contribution in [2.24, 2.45) is 10.7 Å². The number of ether oxygens (including phenoxy) is 1. The van der Waals surface area contributed by atoms with Crippen molar-refractivity contribution >= 4 is 11.7 Å². The van der Waals surface area contributed by atoms with Gasteiger partial charge >= 0.3 is 0 Å². The summed E-state index contributed by atoms with van der Waals surface area (Å²) in [5, 5.41) is 6.63. The molecule has 136 valence electrons. The second-order valence-electron chi connectivity index (χ2n) is 6.46. The van der Waals surface area contributed by atoms with Crippen molar-refractivity contribution in [1.82, 2.24) is 10.6 Å². The highest BCUT2D eigenvalue weighted by molar-refractivity contribution is 5.90. The van der Waals surface area contributed by atoms with Crippen LogP contribution in [0.5, 0.6) is 5.75 Å². The minimum Gasteiger partial charge on any atom is -0.497 e. The number of aliphatic imine (C=N–C) groups is 1. The first-order chi connectivity index (χ1) is 12.6. The summed E-state index contributed by atoms with van der Waals surface area (Å²) >= 11 is 0. The van der Waals surface area contributed by atoms with Crippen molar-refractivity contribution < 1.29 is 4.74 Å². The van der Waals surface area contributed by atoms with E-state index in [0.717, 1.165) is 30.0 Å². The third-order valence-electron chi connectivity index (χ3n) is 4.69. The molecule has 0 aromatic heterocycles. The Labute approximate surface area is 155 Å². The Morgan fingerprint density at radius 1 is 1.15 bits per heavy atom. The average molecular weight is 350 g/mol. The van der Waals surface area contributed by atoms with Crippen LogP contribution in [0.1, 0.15) is 22.3 Å². The molecule has 5 nitrogen and oxygen atoms in total. The summed E-state index contributed by atoms with van der Waals surface area (Å²) in [6, 6.07) is 14.4. The van der Waals surface area contributed by atoms with Crippen LogP contribution in [0.4, 0.5) is 0 Å². The van der Waals surface area contributed by atoms with E-state index in [1.807, 2.05) is 12.1 Å². The number of nitrogens with zero attached hydrogens (tertiary/aromatic N) is 1. The number of guanidine groups is 1. The standard InChI is InChI=1S/C21H26N4O/c1-14-5-4-6-18(15(14)2)19-13-20(25-21(22)24-19)23-12-11-16-7-9-17(26-3)10-8-16/h4-10,13,20,23H,11-12H2,1-3H3,(H3,22,24,25). The van der Waals surface area contributed by atoms with Gasteiger partial charge in [-0.1, -0.05) is 30.3 Å². The van der Waals surface area contributed by atoms with E-state index >= 15 is 0 Å². The second kappa shape index (κ2) is 8.06. The molecule has 2 aromatic carbocycles. The fourth-order valence-corrected chi connectivity index (χ4v) is 3.02. The molecule has 0 radical (unpaired) electrons. The van der Waals surface area contributed by atoms with E-state index in [-0.39, 0.29) is 6.17 Å². The van der Waals surface area contributed by atoms with E-state index in [9.17, 15) is 0 Å². The van der Waals surface area contributed by atoms with Crippen LogP contribution in [-0.2, 0) is 6.42 Å². The Morgan fingerprint density at radius 2 is 1.92 bits per heavy atom. The zero-order chi connectivity index (χ0) is 18.5. The molecule has 1 unspecified atom stereocenters. The topological polar surface area (TPSA) is 71.7 Å². The fraction of sp³-hybridized carbons (Fsp3) is 0.286. The summed E-state index contributed by atoms with van der Waals surface area (Å²) in [5.41, 5.74) is 11.9. The van der Waals surface area contributed by atoms with Crippen molar-refractivity contribution in [3.8, 4) is 5.75 Å². The van der Waals surface area contributed by atoms with Gasteiger partial charge in [-0.3, -0.25) is 5.32 Å². The smallest absolute Gasteiger partial charge is 0.195 e. The lowest BCUT2D eigenvalue weighted by Gasteiger charge is -2.22. The predicted octanol–water partition coefficient (Wildman–Crippen LogP) is 2.73. The second-order valence-corrected chi connectivity index (χ2v) is 6.46. The molecule has 1 aliphatic heterocycles. The Morgan fingerprint density at radius 3 is 2.65 bits per heavy atom. The maximum Gasteiger partial charge on any atom is 0.195 e. The zero-order valence-corrected chi connectivity index (χ0v) is 15.5. The normalized spacial score (nSPS) is 16.5. The molecule has 0 amide bonds. The molecule has 0 saturated carbocycles. The van der Waals surface area contributed by atoms with Gasteiger partial charge in [0, 0.05) is 17.8 Å². The lowest BCUT2D eigenvalue weighted by Crippen LogP contribution is -2.40. The largest absolute Gasteiger partial charge is 0.497 e. The molecule has 26 heavy (non-hydrogen) atoms. The fourth-order valence-electron chi connectivity index (χ4n) is 3.02. The summed E-state index contributed by atoms with van der Waals surface area (Å²) in [4.78, 5) is 4.44. The Balaban J connectivity index is 1.65. The molecule has 4 N–H and O–H groups in total. The first-order valence-electron chi connectivity index (χ1n) is 8.82. The highest BCUT2D eigenvalue weighted by Gasteiger charge is 2.16. The first-order valence-corrected chi connectivity index (χ1v) is 8.82. The zero-order valence-electron chi connectivity index (χ0n) is 15.5. The maximum atomic E-state index is 6.00. The van der Waals surface area contributed by atoms with Crippen LogP contribution in [0.25, 0.3) is 5.70 Å². The Kier molecular flexibility index (Phi) is 5.58. The van der Waals surface area contributed by atoms with Crippen LogP contribution in [0, 0.1) is 13.8 Å². The number of aryl methyl sites for hydroxylation is 1. The van der Waals surface area contributed by atoms with Gasteiger partial charge in [-0.25, -0.2) is 4.99 Å². The minimum absolute atomic E-state index is 0.135. The van der Waals surface area contributed by atoms with Gasteiger partial charge in [-0.05, 0) is 55.2 Å². The van der Waals surface area contributed by atoms with Gasteiger partial charge in [0.1, 0.15) is 11.9 Å². The number of nitrogens with one attached hydrogen (secondary N) is 2. The van der Waals surface area contributed by atoms with Crippen molar-refractivity contribution in [1.29, 1.82) is 0 Å². The SMILES string of the molecule is COc1ccc(CCNC2C=C(c3cccc(C)c3C)NC(N)=N2)cc1. The molecule has 2 aromatic rings. The third-order valence-corrected chi connectivity index (χ3v) is 4.69. The van der Waals surface area contributed by atoms with Gasteiger partial charge in [0.25, 0.3) is 0 Å². The molecule has 0 saturated heterocycles. The van der Waals surface area contributed by atoms with Gasteiger partial charge < -0.3 is 15.8 Å². The Hall–Kier alpha value is -2.79. The number of hydrogen-bond acceptors (Lipinski definition) is 5. The highest BCUT2D eigenvalue weighted by Crippen LogP contribution is 2.21. The molecule has 0 spiro atoms. The van der Waals surface area contributed by atoms with Gasteiger partial charge in [-0.15, -0.1) is 0 Å². The molecule has 0 bridgehead atoms. The first kappa shape index (κ1) is 18.0. The van der Waals surface area contributed by atoms with E-state index in [2.05, 4.69) is 65.9 Å². The summed E-state index contributed by atoms with van der Waals surface area (Å²) in [5.74, 6) is 1.31. The molecular weight excluding hydrogens is 324 g/mol. The van der Waals surface area contributed by atoms with E-state index in [1.165, 1.54) is 16.7 Å². The minimum atomic E-state index is -0.135. The summed E-state index contributed by atoms with van der Waals surface area (Å²) in [6.45, 7) is 5.05. The van der Waals surface area contributed by atoms with Crippen LogP contribution in [0.15, 0.2) is 53.5 Å². The van der Waals surface area contributed by atoms with Gasteiger partial charge in [0.15, 0.2) is 5.96 Å².